The summed E-state index contributed by atoms with van der Waals surface area (Å²) in [5.41, 5.74) is -0.175. The normalized spacial score (nSPS) is 15.4. The molecule has 4 nitrogen and oxygen atoms in total. The fourth-order valence-corrected chi connectivity index (χ4v) is 1.32. The van der Waals surface area contributed by atoms with E-state index in [0.29, 0.717) is 12.1 Å². The summed E-state index contributed by atoms with van der Waals surface area (Å²) in [6.45, 7) is 0.802. The minimum absolute atomic E-state index is 0.269. The highest BCUT2D eigenvalue weighted by atomic mass is 19.4. The van der Waals surface area contributed by atoms with Crippen molar-refractivity contribution < 1.29 is 26.9 Å². The molecule has 1 aromatic rings. The molecule has 1 unspecified atom stereocenters. The lowest BCUT2D eigenvalue weighted by Crippen LogP contribution is -2.40. The fraction of sp³-hybridized carbons (Fsp3) is 0.400. The predicted molar refractivity (Wildman–Crippen MR) is 55.6 cm³/mol. The minimum Gasteiger partial charge on any atom is -0.317 e. The summed E-state index contributed by atoms with van der Waals surface area (Å²) < 4.78 is 63.0. The molecule has 1 atom stereocenters. The van der Waals surface area contributed by atoms with Crippen LogP contribution in [0.2, 0.25) is 0 Å². The van der Waals surface area contributed by atoms with E-state index in [-0.39, 0.29) is 6.07 Å². The molecular formula is C10H9F5N2O2. The molecule has 0 aliphatic carbocycles. The molecule has 0 spiro atoms. The Kier molecular flexibility index (Phi) is 3.80. The van der Waals surface area contributed by atoms with Crippen molar-refractivity contribution in [2.24, 2.45) is 5.73 Å². The lowest BCUT2D eigenvalue weighted by molar-refractivity contribution is -0.385. The van der Waals surface area contributed by atoms with Gasteiger partial charge in [0, 0.05) is 12.1 Å². The van der Waals surface area contributed by atoms with Crippen molar-refractivity contribution in [1.29, 1.82) is 0 Å². The van der Waals surface area contributed by atoms with Crippen molar-refractivity contribution in [2.75, 3.05) is 0 Å². The largest absolute Gasteiger partial charge is 0.416 e. The summed E-state index contributed by atoms with van der Waals surface area (Å²) in [5, 5.41) is 10.5. The van der Waals surface area contributed by atoms with Gasteiger partial charge in [-0.15, -0.1) is 0 Å². The van der Waals surface area contributed by atoms with E-state index < -0.39 is 39.9 Å². The Morgan fingerprint density at radius 1 is 1.21 bits per heavy atom. The Balaban J connectivity index is 3.50. The van der Waals surface area contributed by atoms with E-state index in [1.165, 1.54) is 0 Å². The molecule has 0 aliphatic rings. The Labute approximate surface area is 104 Å². The second-order valence-electron chi connectivity index (χ2n) is 4.11. The third-order valence-corrected chi connectivity index (χ3v) is 2.53. The van der Waals surface area contributed by atoms with Crippen LogP contribution in [-0.2, 0) is 11.7 Å². The molecule has 0 heterocycles. The smallest absolute Gasteiger partial charge is 0.317 e. The van der Waals surface area contributed by atoms with Crippen LogP contribution in [0.5, 0.6) is 0 Å². The Bertz CT molecular complexity index is 499. The van der Waals surface area contributed by atoms with E-state index in [0.717, 1.165) is 6.92 Å². The first-order chi connectivity index (χ1) is 8.46. The fourth-order valence-electron chi connectivity index (χ4n) is 1.32. The van der Waals surface area contributed by atoms with Crippen LogP contribution < -0.4 is 5.73 Å². The molecule has 0 fully saturated rings. The standard InChI is InChI=1S/C10H9F5N2O2/c1-9(16,8(11)12)5-2-6(10(13,14)15)4-7(3-5)17(18)19/h2-4,8H,16H2,1H3. The van der Waals surface area contributed by atoms with Gasteiger partial charge in [-0.2, -0.15) is 13.2 Å². The average Bonchev–Trinajstić information content (AvgIpc) is 2.26. The number of rotatable bonds is 3. The van der Waals surface area contributed by atoms with Crippen molar-refractivity contribution in [3.63, 3.8) is 0 Å². The van der Waals surface area contributed by atoms with E-state index >= 15 is 0 Å². The molecule has 2 N–H and O–H groups in total. The molecule has 0 aliphatic heterocycles. The molecular weight excluding hydrogens is 275 g/mol. The maximum atomic E-state index is 12.7. The molecule has 1 rings (SSSR count). The highest BCUT2D eigenvalue weighted by molar-refractivity contribution is 5.43. The van der Waals surface area contributed by atoms with Crippen LogP contribution in [-0.4, -0.2) is 11.3 Å². The van der Waals surface area contributed by atoms with E-state index in [4.69, 9.17) is 5.73 Å². The Morgan fingerprint density at radius 3 is 2.05 bits per heavy atom. The van der Waals surface area contributed by atoms with Crippen LogP contribution in [0.3, 0.4) is 0 Å². The second-order valence-corrected chi connectivity index (χ2v) is 4.11. The molecule has 0 radical (unpaired) electrons. The number of alkyl halides is 5. The number of hydrogen-bond donors (Lipinski definition) is 1. The SMILES string of the molecule is CC(N)(c1cc([N+](=O)[O-])cc(C(F)(F)F)c1)C(F)F. The van der Waals surface area contributed by atoms with Crippen LogP contribution in [0.15, 0.2) is 18.2 Å². The molecule has 19 heavy (non-hydrogen) atoms. The first kappa shape index (κ1) is 15.3. The molecule has 0 aromatic heterocycles. The summed E-state index contributed by atoms with van der Waals surface area (Å²) in [6.07, 6.45) is -8.06. The zero-order chi connectivity index (χ0) is 15.0. The lowest BCUT2D eigenvalue weighted by atomic mass is 9.91. The van der Waals surface area contributed by atoms with Gasteiger partial charge in [0.25, 0.3) is 12.1 Å². The molecule has 0 saturated heterocycles. The van der Waals surface area contributed by atoms with E-state index in [1.54, 1.807) is 0 Å². The Morgan fingerprint density at radius 2 is 1.68 bits per heavy atom. The van der Waals surface area contributed by atoms with Crippen molar-refractivity contribution in [3.8, 4) is 0 Å². The van der Waals surface area contributed by atoms with E-state index in [1.807, 2.05) is 0 Å². The van der Waals surface area contributed by atoms with Crippen molar-refractivity contribution in [2.45, 2.75) is 25.1 Å². The van der Waals surface area contributed by atoms with E-state index in [9.17, 15) is 32.1 Å². The number of hydrogen-bond acceptors (Lipinski definition) is 3. The van der Waals surface area contributed by atoms with Gasteiger partial charge in [-0.1, -0.05) is 0 Å². The van der Waals surface area contributed by atoms with Crippen molar-refractivity contribution in [3.05, 3.63) is 39.4 Å². The van der Waals surface area contributed by atoms with E-state index in [2.05, 4.69) is 0 Å². The molecule has 1 aromatic carbocycles. The first-order valence-corrected chi connectivity index (χ1v) is 4.90. The van der Waals surface area contributed by atoms with Crippen LogP contribution in [0, 0.1) is 10.1 Å². The number of nitrogens with zero attached hydrogens (tertiary/aromatic N) is 1. The van der Waals surface area contributed by atoms with Crippen LogP contribution >= 0.6 is 0 Å². The summed E-state index contributed by atoms with van der Waals surface area (Å²) in [5.74, 6) is 0. The minimum atomic E-state index is -4.89. The highest BCUT2D eigenvalue weighted by Gasteiger charge is 2.38. The molecule has 9 heteroatoms. The summed E-state index contributed by atoms with van der Waals surface area (Å²) in [7, 11) is 0. The quantitative estimate of drug-likeness (QED) is 0.527. The van der Waals surface area contributed by atoms with Gasteiger partial charge in [0.2, 0.25) is 0 Å². The first-order valence-electron chi connectivity index (χ1n) is 4.90. The maximum absolute atomic E-state index is 12.7. The summed E-state index contributed by atoms with van der Waals surface area (Å²) in [6, 6.07) is 1.27. The predicted octanol–water partition coefficient (Wildman–Crippen LogP) is 3.05. The third-order valence-electron chi connectivity index (χ3n) is 2.53. The molecule has 0 bridgehead atoms. The van der Waals surface area contributed by atoms with Crippen LogP contribution in [0.1, 0.15) is 18.1 Å². The summed E-state index contributed by atoms with van der Waals surface area (Å²) >= 11 is 0. The zero-order valence-electron chi connectivity index (χ0n) is 9.54. The monoisotopic (exact) mass is 284 g/mol. The van der Waals surface area contributed by atoms with Gasteiger partial charge in [-0.25, -0.2) is 8.78 Å². The lowest BCUT2D eigenvalue weighted by Gasteiger charge is -2.24. The second kappa shape index (κ2) is 4.72. The number of benzene rings is 1. The number of nitrogens with two attached hydrogens (primary N) is 1. The van der Waals surface area contributed by atoms with Crippen molar-refractivity contribution in [1.82, 2.24) is 0 Å². The summed E-state index contributed by atoms with van der Waals surface area (Å²) in [4.78, 5) is 9.44. The third kappa shape index (κ3) is 3.16. The van der Waals surface area contributed by atoms with Gasteiger partial charge in [0.05, 0.1) is 16.0 Å². The zero-order valence-corrected chi connectivity index (χ0v) is 9.54. The highest BCUT2D eigenvalue weighted by Crippen LogP contribution is 2.36. The topological polar surface area (TPSA) is 69.2 Å². The maximum Gasteiger partial charge on any atom is 0.416 e. The molecule has 106 valence electrons. The number of non-ortho nitro benzene ring substituents is 1. The number of nitro groups is 1. The Hall–Kier alpha value is -1.77. The van der Waals surface area contributed by atoms with Gasteiger partial charge in [-0.3, -0.25) is 10.1 Å². The van der Waals surface area contributed by atoms with Gasteiger partial charge >= 0.3 is 6.18 Å². The van der Waals surface area contributed by atoms with Gasteiger partial charge in [-0.05, 0) is 18.6 Å². The molecule has 0 saturated carbocycles. The van der Waals surface area contributed by atoms with Gasteiger partial charge in [0.1, 0.15) is 0 Å². The average molecular weight is 284 g/mol. The van der Waals surface area contributed by atoms with Gasteiger partial charge < -0.3 is 5.73 Å². The van der Waals surface area contributed by atoms with Crippen LogP contribution in [0.25, 0.3) is 0 Å². The number of halogens is 5. The van der Waals surface area contributed by atoms with Crippen molar-refractivity contribution >= 4 is 5.69 Å². The van der Waals surface area contributed by atoms with Crippen LogP contribution in [0.4, 0.5) is 27.6 Å². The number of nitro benzene ring substituents is 1. The molecule has 0 amide bonds. The van der Waals surface area contributed by atoms with Gasteiger partial charge in [0.15, 0.2) is 0 Å².